The number of aliphatic hydroxyl groups is 2. The first-order chi connectivity index (χ1) is 16.8. The quantitative estimate of drug-likeness (QED) is 0.507. The van der Waals surface area contributed by atoms with E-state index in [1.54, 1.807) is 19.2 Å². The van der Waals surface area contributed by atoms with Gasteiger partial charge >= 0.3 is 0 Å². The molecule has 9 heteroatoms. The van der Waals surface area contributed by atoms with Crippen molar-refractivity contribution in [1.82, 2.24) is 10.3 Å². The Morgan fingerprint density at radius 1 is 1.33 bits per heavy atom. The van der Waals surface area contributed by atoms with Crippen LogP contribution in [-0.2, 0) is 14.3 Å². The molecule has 0 aromatic carbocycles. The van der Waals surface area contributed by atoms with Crippen molar-refractivity contribution in [2.24, 2.45) is 17.3 Å². The summed E-state index contributed by atoms with van der Waals surface area (Å²) in [5.41, 5.74) is -1.19. The zero-order chi connectivity index (χ0) is 26.8. The number of aryl methyl sites for hydroxylation is 1. The number of ether oxygens (including phenoxy) is 1. The highest BCUT2D eigenvalue weighted by atomic mass is 32.1. The summed E-state index contributed by atoms with van der Waals surface area (Å²) < 4.78 is 21.3. The molecule has 0 bridgehead atoms. The molecule has 202 valence electrons. The number of rotatable bonds is 3. The molecule has 7 atom stereocenters. The molecule has 2 unspecified atom stereocenters. The number of thiazole rings is 1. The van der Waals surface area contributed by atoms with Crippen LogP contribution in [0.3, 0.4) is 0 Å². The van der Waals surface area contributed by atoms with Gasteiger partial charge in [0.25, 0.3) is 0 Å². The van der Waals surface area contributed by atoms with Crippen molar-refractivity contribution in [2.45, 2.75) is 110 Å². The Morgan fingerprint density at radius 2 is 2.03 bits per heavy atom. The zero-order valence-electron chi connectivity index (χ0n) is 22.2. The molecule has 0 aliphatic carbocycles. The topological polar surface area (TPSA) is 112 Å². The highest BCUT2D eigenvalue weighted by Gasteiger charge is 2.53. The minimum Gasteiger partial charge on any atom is -0.392 e. The van der Waals surface area contributed by atoms with E-state index in [1.165, 1.54) is 17.4 Å². The zero-order valence-corrected chi connectivity index (χ0v) is 23.0. The van der Waals surface area contributed by atoms with E-state index in [4.69, 9.17) is 4.74 Å². The van der Waals surface area contributed by atoms with Crippen molar-refractivity contribution < 1.29 is 28.9 Å². The molecule has 36 heavy (non-hydrogen) atoms. The average Bonchev–Trinajstić information content (AvgIpc) is 3.24. The number of ketones is 1. The summed E-state index contributed by atoms with van der Waals surface area (Å²) in [7, 11) is 0. The molecule has 3 rings (SSSR count). The predicted molar refractivity (Wildman–Crippen MR) is 138 cm³/mol. The monoisotopic (exact) mass is 524 g/mol. The lowest BCUT2D eigenvalue weighted by Gasteiger charge is -2.35. The van der Waals surface area contributed by atoms with Gasteiger partial charge < -0.3 is 20.3 Å². The number of Topliss-reactive ketones (excluding diaryl/α,β-unsaturated/α-hetero) is 1. The summed E-state index contributed by atoms with van der Waals surface area (Å²) in [5.74, 6) is -2.10. The highest BCUT2D eigenvalue weighted by molar-refractivity contribution is 7.09. The number of carbonyl (C=O) groups excluding carboxylic acids is 2. The summed E-state index contributed by atoms with van der Waals surface area (Å²) in [4.78, 5) is 30.6. The van der Waals surface area contributed by atoms with Gasteiger partial charge in [0.1, 0.15) is 11.6 Å². The second kappa shape index (κ2) is 11.4. The first kappa shape index (κ1) is 28.9. The summed E-state index contributed by atoms with van der Waals surface area (Å²) in [6.07, 6.45) is 1.55. The van der Waals surface area contributed by atoms with Crippen molar-refractivity contribution in [3.8, 4) is 0 Å². The van der Waals surface area contributed by atoms with Crippen molar-refractivity contribution in [3.05, 3.63) is 21.9 Å². The SMILES string of the molecule is CC[C@H]1C(=O)C(C)(C)[C@@H](O)CC(=O)N[C@H](C(F)=Cc2csc(C)n2)CC2OC2(C)CCC[C@H](C)[C@@H]1O. The lowest BCUT2D eigenvalue weighted by atomic mass is 9.71. The summed E-state index contributed by atoms with van der Waals surface area (Å²) in [6.45, 7) is 10.8. The van der Waals surface area contributed by atoms with Crippen LogP contribution in [0.15, 0.2) is 11.2 Å². The first-order valence-electron chi connectivity index (χ1n) is 12.9. The third-order valence-electron chi connectivity index (χ3n) is 8.03. The van der Waals surface area contributed by atoms with Gasteiger partial charge in [-0.2, -0.15) is 0 Å². The third kappa shape index (κ3) is 6.60. The maximum atomic E-state index is 15.4. The number of hydrogen-bond donors (Lipinski definition) is 3. The molecule has 1 aromatic heterocycles. The minimum absolute atomic E-state index is 0.112. The van der Waals surface area contributed by atoms with Gasteiger partial charge in [-0.25, -0.2) is 9.37 Å². The Bertz CT molecular complexity index is 979. The van der Waals surface area contributed by atoms with Gasteiger partial charge in [0, 0.05) is 17.7 Å². The fraction of sp³-hybridized carbons (Fsp3) is 0.741. The maximum Gasteiger partial charge on any atom is 0.223 e. The number of aromatic nitrogens is 1. The van der Waals surface area contributed by atoms with Crippen molar-refractivity contribution in [3.63, 3.8) is 0 Å². The molecule has 0 spiro atoms. The molecular weight excluding hydrogens is 483 g/mol. The van der Waals surface area contributed by atoms with Crippen molar-refractivity contribution >= 4 is 29.1 Å². The van der Waals surface area contributed by atoms with E-state index in [0.717, 1.165) is 24.3 Å². The van der Waals surface area contributed by atoms with Crippen LogP contribution in [0.4, 0.5) is 4.39 Å². The van der Waals surface area contributed by atoms with E-state index in [9.17, 15) is 19.8 Å². The van der Waals surface area contributed by atoms with Gasteiger partial charge in [-0.3, -0.25) is 9.59 Å². The number of fused-ring (bicyclic) bond motifs is 1. The van der Waals surface area contributed by atoms with Crippen molar-refractivity contribution in [1.29, 1.82) is 0 Å². The van der Waals surface area contributed by atoms with Gasteiger partial charge in [-0.15, -0.1) is 11.3 Å². The second-order valence-corrected chi connectivity index (χ2v) is 12.3. The van der Waals surface area contributed by atoms with Crippen LogP contribution in [0.2, 0.25) is 0 Å². The van der Waals surface area contributed by atoms with Crippen LogP contribution >= 0.6 is 11.3 Å². The molecule has 2 aliphatic rings. The summed E-state index contributed by atoms with van der Waals surface area (Å²) in [5, 5.41) is 27.2. The van der Waals surface area contributed by atoms with Crippen LogP contribution in [0.25, 0.3) is 6.08 Å². The maximum absolute atomic E-state index is 15.4. The molecule has 0 radical (unpaired) electrons. The van der Waals surface area contributed by atoms with E-state index >= 15 is 4.39 Å². The lowest BCUT2D eigenvalue weighted by Crippen LogP contribution is -2.48. The molecule has 3 N–H and O–H groups in total. The Labute approximate surface area is 217 Å². The van der Waals surface area contributed by atoms with Gasteiger partial charge in [-0.05, 0) is 45.1 Å². The van der Waals surface area contributed by atoms with Gasteiger partial charge in [0.2, 0.25) is 5.91 Å². The normalized spacial score (nSPS) is 36.8. The highest BCUT2D eigenvalue weighted by Crippen LogP contribution is 2.44. The summed E-state index contributed by atoms with van der Waals surface area (Å²) >= 11 is 1.41. The van der Waals surface area contributed by atoms with E-state index < -0.39 is 46.9 Å². The molecule has 1 aromatic rings. The molecule has 2 saturated heterocycles. The van der Waals surface area contributed by atoms with Crippen LogP contribution in [0.5, 0.6) is 0 Å². The number of nitrogens with one attached hydrogen (secondary N) is 1. The van der Waals surface area contributed by atoms with E-state index in [2.05, 4.69) is 10.3 Å². The number of aliphatic hydroxyl groups excluding tert-OH is 2. The second-order valence-electron chi connectivity index (χ2n) is 11.3. The smallest absolute Gasteiger partial charge is 0.223 e. The van der Waals surface area contributed by atoms with Crippen LogP contribution < -0.4 is 5.32 Å². The fourth-order valence-corrected chi connectivity index (χ4v) is 5.77. The van der Waals surface area contributed by atoms with Crippen molar-refractivity contribution in [2.75, 3.05) is 0 Å². The van der Waals surface area contributed by atoms with Crippen LogP contribution in [0, 0.1) is 24.2 Å². The lowest BCUT2D eigenvalue weighted by molar-refractivity contribution is -0.144. The fourth-order valence-electron chi connectivity index (χ4n) is 5.20. The number of carbonyl (C=O) groups is 2. The molecular formula is C27H41FN2O5S. The Morgan fingerprint density at radius 3 is 2.64 bits per heavy atom. The van der Waals surface area contributed by atoms with Crippen LogP contribution in [-0.4, -0.2) is 56.8 Å². The number of nitrogens with zero attached hydrogens (tertiary/aromatic N) is 1. The first-order valence-corrected chi connectivity index (χ1v) is 13.8. The minimum atomic E-state index is -1.29. The van der Waals surface area contributed by atoms with E-state index in [0.29, 0.717) is 12.1 Å². The van der Waals surface area contributed by atoms with Gasteiger partial charge in [-0.1, -0.05) is 34.1 Å². The summed E-state index contributed by atoms with van der Waals surface area (Å²) in [6, 6.07) is -0.936. The van der Waals surface area contributed by atoms with Gasteiger partial charge in [0.05, 0.1) is 52.5 Å². The number of hydrogen-bond acceptors (Lipinski definition) is 7. The molecule has 3 heterocycles. The van der Waals surface area contributed by atoms with Crippen LogP contribution in [0.1, 0.15) is 83.8 Å². The van der Waals surface area contributed by atoms with E-state index in [1.807, 2.05) is 27.7 Å². The molecule has 2 aliphatic heterocycles. The standard InChI is InChI=1S/C27H41FN2O5S/c1-7-18-24(33)15(2)9-8-10-27(6)22(35-27)12-20(19(28)11-17-14-36-16(3)29-17)30-23(32)13-21(31)26(4,5)25(18)34/h11,14-15,18,20-22,24,31,33H,7-10,12-13H2,1-6H3,(H,30,32)/t15-,18+,20-,21-,22?,24-,27?/m0/s1. The van der Waals surface area contributed by atoms with Gasteiger partial charge in [0.15, 0.2) is 0 Å². The Hall–Kier alpha value is -1.68. The molecule has 2 fully saturated rings. The average molecular weight is 525 g/mol. The molecule has 1 amide bonds. The van der Waals surface area contributed by atoms with E-state index in [-0.39, 0.29) is 30.6 Å². The Kier molecular flexibility index (Phi) is 9.13. The third-order valence-corrected chi connectivity index (χ3v) is 8.82. The molecule has 0 saturated carbocycles. The predicted octanol–water partition coefficient (Wildman–Crippen LogP) is 4.35. The Balaban J connectivity index is 1.87. The number of halogens is 1. The number of epoxide rings is 1. The number of amides is 1. The largest absolute Gasteiger partial charge is 0.392 e. The molecule has 7 nitrogen and oxygen atoms in total.